The first kappa shape index (κ1) is 14.5. The van der Waals surface area contributed by atoms with Gasteiger partial charge in [0.05, 0.1) is 5.69 Å². The fourth-order valence-electron chi connectivity index (χ4n) is 2.29. The SMILES string of the molecule is CCCCn1c(-c2ccc(C)cc2)ccc(CN)c1=O. The molecular formula is C17H22N2O. The van der Waals surface area contributed by atoms with Gasteiger partial charge in [-0.15, -0.1) is 0 Å². The van der Waals surface area contributed by atoms with E-state index < -0.39 is 0 Å². The molecule has 1 aromatic heterocycles. The molecular weight excluding hydrogens is 248 g/mol. The normalized spacial score (nSPS) is 10.8. The Kier molecular flexibility index (Phi) is 4.74. The van der Waals surface area contributed by atoms with E-state index in [9.17, 15) is 4.79 Å². The molecule has 106 valence electrons. The molecule has 0 spiro atoms. The minimum atomic E-state index is 0.0408. The molecule has 0 aliphatic carbocycles. The summed E-state index contributed by atoms with van der Waals surface area (Å²) >= 11 is 0. The lowest BCUT2D eigenvalue weighted by atomic mass is 10.1. The van der Waals surface area contributed by atoms with Gasteiger partial charge in [-0.2, -0.15) is 0 Å². The Morgan fingerprint density at radius 2 is 1.80 bits per heavy atom. The van der Waals surface area contributed by atoms with E-state index in [-0.39, 0.29) is 5.56 Å². The van der Waals surface area contributed by atoms with E-state index in [1.54, 1.807) is 0 Å². The van der Waals surface area contributed by atoms with E-state index >= 15 is 0 Å². The summed E-state index contributed by atoms with van der Waals surface area (Å²) in [6.07, 6.45) is 2.05. The summed E-state index contributed by atoms with van der Waals surface area (Å²) in [7, 11) is 0. The topological polar surface area (TPSA) is 48.0 Å². The number of nitrogens with two attached hydrogens (primary N) is 1. The van der Waals surface area contributed by atoms with Crippen LogP contribution in [0.3, 0.4) is 0 Å². The van der Waals surface area contributed by atoms with Crippen LogP contribution in [-0.4, -0.2) is 4.57 Å². The maximum Gasteiger partial charge on any atom is 0.255 e. The fourth-order valence-corrected chi connectivity index (χ4v) is 2.29. The Hall–Kier alpha value is -1.87. The van der Waals surface area contributed by atoms with Crippen molar-refractivity contribution in [2.75, 3.05) is 0 Å². The van der Waals surface area contributed by atoms with Crippen molar-refractivity contribution < 1.29 is 0 Å². The van der Waals surface area contributed by atoms with Gasteiger partial charge in [0, 0.05) is 18.7 Å². The minimum absolute atomic E-state index is 0.0408. The Morgan fingerprint density at radius 3 is 2.40 bits per heavy atom. The van der Waals surface area contributed by atoms with Crippen molar-refractivity contribution in [3.63, 3.8) is 0 Å². The predicted molar refractivity (Wildman–Crippen MR) is 83.7 cm³/mol. The first-order valence-electron chi connectivity index (χ1n) is 7.17. The zero-order valence-electron chi connectivity index (χ0n) is 12.2. The molecule has 0 saturated heterocycles. The summed E-state index contributed by atoms with van der Waals surface area (Å²) in [6, 6.07) is 12.1. The summed E-state index contributed by atoms with van der Waals surface area (Å²) in [4.78, 5) is 12.4. The quantitative estimate of drug-likeness (QED) is 0.907. The lowest BCUT2D eigenvalue weighted by molar-refractivity contribution is 0.613. The largest absolute Gasteiger partial charge is 0.326 e. The van der Waals surface area contributed by atoms with E-state index in [0.717, 1.165) is 30.6 Å². The maximum absolute atomic E-state index is 12.4. The van der Waals surface area contributed by atoms with Crippen LogP contribution in [0.25, 0.3) is 11.3 Å². The molecule has 20 heavy (non-hydrogen) atoms. The Labute approximate surface area is 120 Å². The number of aryl methyl sites for hydroxylation is 1. The Morgan fingerprint density at radius 1 is 1.10 bits per heavy atom. The van der Waals surface area contributed by atoms with Crippen molar-refractivity contribution in [3.8, 4) is 11.3 Å². The van der Waals surface area contributed by atoms with E-state index in [2.05, 4.69) is 38.1 Å². The van der Waals surface area contributed by atoms with Gasteiger partial charge in [0.15, 0.2) is 0 Å². The van der Waals surface area contributed by atoms with Crippen molar-refractivity contribution in [2.24, 2.45) is 5.73 Å². The van der Waals surface area contributed by atoms with Gasteiger partial charge >= 0.3 is 0 Å². The minimum Gasteiger partial charge on any atom is -0.326 e. The van der Waals surface area contributed by atoms with Gasteiger partial charge < -0.3 is 10.3 Å². The number of unbranched alkanes of at least 4 members (excludes halogenated alkanes) is 1. The summed E-state index contributed by atoms with van der Waals surface area (Å²) in [6.45, 7) is 5.22. The van der Waals surface area contributed by atoms with Crippen molar-refractivity contribution in [2.45, 2.75) is 39.8 Å². The number of hydrogen-bond donors (Lipinski definition) is 1. The van der Waals surface area contributed by atoms with Crippen LogP contribution in [0.15, 0.2) is 41.2 Å². The van der Waals surface area contributed by atoms with Crippen molar-refractivity contribution >= 4 is 0 Å². The molecule has 2 N–H and O–H groups in total. The molecule has 0 fully saturated rings. The van der Waals surface area contributed by atoms with Gasteiger partial charge in [0.1, 0.15) is 0 Å². The molecule has 2 aromatic rings. The van der Waals surface area contributed by atoms with Gasteiger partial charge in [-0.05, 0) is 25.0 Å². The lowest BCUT2D eigenvalue weighted by Crippen LogP contribution is -2.26. The molecule has 0 amide bonds. The van der Waals surface area contributed by atoms with Gasteiger partial charge in [-0.25, -0.2) is 0 Å². The summed E-state index contributed by atoms with van der Waals surface area (Å²) in [5, 5.41) is 0. The maximum atomic E-state index is 12.4. The molecule has 0 atom stereocenters. The van der Waals surface area contributed by atoms with Crippen LogP contribution in [-0.2, 0) is 13.1 Å². The highest BCUT2D eigenvalue weighted by molar-refractivity contribution is 5.60. The first-order chi connectivity index (χ1) is 9.67. The average Bonchev–Trinajstić information content (AvgIpc) is 2.47. The molecule has 2 rings (SSSR count). The van der Waals surface area contributed by atoms with Crippen LogP contribution in [0.5, 0.6) is 0 Å². The second kappa shape index (κ2) is 6.53. The Balaban J connectivity index is 2.54. The van der Waals surface area contributed by atoms with Gasteiger partial charge in [-0.1, -0.05) is 49.2 Å². The van der Waals surface area contributed by atoms with E-state index in [0.29, 0.717) is 12.1 Å². The third kappa shape index (κ3) is 2.99. The molecule has 3 heteroatoms. The van der Waals surface area contributed by atoms with Crippen LogP contribution in [0.2, 0.25) is 0 Å². The van der Waals surface area contributed by atoms with Crippen molar-refractivity contribution in [3.05, 3.63) is 57.9 Å². The number of aromatic nitrogens is 1. The standard InChI is InChI=1S/C17H22N2O/c1-3-4-11-19-16(10-9-15(12-18)17(19)20)14-7-5-13(2)6-8-14/h5-10H,3-4,11-12,18H2,1-2H3. The highest BCUT2D eigenvalue weighted by Crippen LogP contribution is 2.19. The monoisotopic (exact) mass is 270 g/mol. The number of hydrogen-bond acceptors (Lipinski definition) is 2. The number of pyridine rings is 1. The number of nitrogens with zero attached hydrogens (tertiary/aromatic N) is 1. The van der Waals surface area contributed by atoms with E-state index in [4.69, 9.17) is 5.73 Å². The van der Waals surface area contributed by atoms with Gasteiger partial charge in [0.2, 0.25) is 0 Å². The molecule has 1 heterocycles. The highest BCUT2D eigenvalue weighted by atomic mass is 16.1. The van der Waals surface area contributed by atoms with Crippen LogP contribution >= 0.6 is 0 Å². The van der Waals surface area contributed by atoms with Crippen molar-refractivity contribution in [1.82, 2.24) is 4.57 Å². The summed E-state index contributed by atoms with van der Waals surface area (Å²) < 4.78 is 1.86. The second-order valence-corrected chi connectivity index (χ2v) is 5.12. The number of rotatable bonds is 5. The predicted octanol–water partition coefficient (Wildman–Crippen LogP) is 3.08. The summed E-state index contributed by atoms with van der Waals surface area (Å²) in [5.41, 5.74) is 9.63. The smallest absolute Gasteiger partial charge is 0.255 e. The molecule has 1 aromatic carbocycles. The first-order valence-corrected chi connectivity index (χ1v) is 7.17. The van der Waals surface area contributed by atoms with Crippen LogP contribution in [0, 0.1) is 6.92 Å². The molecule has 0 bridgehead atoms. The van der Waals surface area contributed by atoms with Gasteiger partial charge in [-0.3, -0.25) is 4.79 Å². The summed E-state index contributed by atoms with van der Waals surface area (Å²) in [5.74, 6) is 0. The molecule has 0 aliphatic rings. The van der Waals surface area contributed by atoms with Crippen LogP contribution < -0.4 is 11.3 Å². The molecule has 0 radical (unpaired) electrons. The van der Waals surface area contributed by atoms with E-state index in [1.165, 1.54) is 5.56 Å². The van der Waals surface area contributed by atoms with E-state index in [1.807, 2.05) is 16.7 Å². The lowest BCUT2D eigenvalue weighted by Gasteiger charge is -2.14. The molecule has 0 saturated carbocycles. The third-order valence-electron chi connectivity index (χ3n) is 3.56. The molecule has 3 nitrogen and oxygen atoms in total. The zero-order chi connectivity index (χ0) is 14.5. The fraction of sp³-hybridized carbons (Fsp3) is 0.353. The second-order valence-electron chi connectivity index (χ2n) is 5.12. The van der Waals surface area contributed by atoms with Crippen LogP contribution in [0.1, 0.15) is 30.9 Å². The average molecular weight is 270 g/mol. The molecule has 0 aliphatic heterocycles. The third-order valence-corrected chi connectivity index (χ3v) is 3.56. The Bertz CT molecular complexity index is 626. The molecule has 0 unspecified atom stereocenters. The van der Waals surface area contributed by atoms with Crippen molar-refractivity contribution in [1.29, 1.82) is 0 Å². The zero-order valence-corrected chi connectivity index (χ0v) is 12.2. The highest BCUT2D eigenvalue weighted by Gasteiger charge is 2.09. The number of benzene rings is 1. The van der Waals surface area contributed by atoms with Gasteiger partial charge in [0.25, 0.3) is 5.56 Å². The van der Waals surface area contributed by atoms with Crippen LogP contribution in [0.4, 0.5) is 0 Å².